The summed E-state index contributed by atoms with van der Waals surface area (Å²) in [6.45, 7) is 0. The number of aromatic nitrogens is 3. The van der Waals surface area contributed by atoms with Gasteiger partial charge >= 0.3 is 0 Å². The number of benzene rings is 9. The van der Waals surface area contributed by atoms with E-state index < -0.39 is 0 Å². The molecule has 12 aromatic rings. The van der Waals surface area contributed by atoms with Crippen molar-refractivity contribution < 1.29 is 0 Å². The Labute approximate surface area is 329 Å². The molecule has 12 rings (SSSR count). The van der Waals surface area contributed by atoms with Crippen LogP contribution in [-0.2, 0) is 0 Å². The third kappa shape index (κ3) is 4.79. The second-order valence-corrected chi connectivity index (χ2v) is 14.9. The van der Waals surface area contributed by atoms with Crippen molar-refractivity contribution >= 4 is 65.4 Å². The molecule has 0 saturated heterocycles. The Hall–Kier alpha value is -7.62. The van der Waals surface area contributed by atoms with E-state index in [9.17, 15) is 0 Å². The number of hydrogen-bond acceptors (Lipinski definition) is 0. The molecule has 0 unspecified atom stereocenters. The van der Waals surface area contributed by atoms with E-state index in [4.69, 9.17) is 0 Å². The molecule has 3 aromatic heterocycles. The molecule has 266 valence electrons. The van der Waals surface area contributed by atoms with Gasteiger partial charge in [-0.3, -0.25) is 0 Å². The van der Waals surface area contributed by atoms with Crippen LogP contribution in [0.5, 0.6) is 0 Å². The van der Waals surface area contributed by atoms with Gasteiger partial charge in [0.05, 0.1) is 38.8 Å². The molecular weight excluding hydrogens is 691 g/mol. The Bertz CT molecular complexity index is 3510. The van der Waals surface area contributed by atoms with Gasteiger partial charge in [-0.25, -0.2) is 0 Å². The van der Waals surface area contributed by atoms with Gasteiger partial charge in [-0.2, -0.15) is 0 Å². The highest BCUT2D eigenvalue weighted by molar-refractivity contribution is 6.16. The zero-order chi connectivity index (χ0) is 37.5. The van der Waals surface area contributed by atoms with Gasteiger partial charge in [-0.1, -0.05) is 140 Å². The van der Waals surface area contributed by atoms with Gasteiger partial charge in [0.1, 0.15) is 0 Å². The molecule has 3 heteroatoms. The fourth-order valence-electron chi connectivity index (χ4n) is 9.32. The molecule has 57 heavy (non-hydrogen) atoms. The first kappa shape index (κ1) is 31.7. The minimum absolute atomic E-state index is 1.15. The minimum Gasteiger partial charge on any atom is -0.309 e. The highest BCUT2D eigenvalue weighted by Crippen LogP contribution is 2.41. The minimum atomic E-state index is 1.15. The molecule has 0 aliphatic carbocycles. The lowest BCUT2D eigenvalue weighted by Crippen LogP contribution is -2.00. The maximum absolute atomic E-state index is 2.47. The standard InChI is InChI=1S/C54H35N3/c1-3-15-36(16-4-1)37-17-13-20-41(33-37)55-48-25-10-8-22-43(48)46-34-38(29-31-51(46)55)39-30-32-52-47(35-39)44-23-9-12-27-50(44)57(52)53-28-14-24-45-42-21-7-11-26-49(42)56(54(45)53)40-18-5-2-6-19-40/h1-35H. The Kier molecular flexibility index (Phi) is 6.93. The van der Waals surface area contributed by atoms with E-state index in [-0.39, 0.29) is 0 Å². The summed E-state index contributed by atoms with van der Waals surface area (Å²) in [7, 11) is 0. The van der Waals surface area contributed by atoms with Crippen molar-refractivity contribution in [2.24, 2.45) is 0 Å². The molecule has 0 aliphatic heterocycles. The average molecular weight is 726 g/mol. The molecule has 3 heterocycles. The van der Waals surface area contributed by atoms with E-state index in [1.165, 1.54) is 87.7 Å². The number of hydrogen-bond donors (Lipinski definition) is 0. The zero-order valence-corrected chi connectivity index (χ0v) is 31.0. The van der Waals surface area contributed by atoms with E-state index in [1.807, 2.05) is 0 Å². The van der Waals surface area contributed by atoms with Gasteiger partial charge in [-0.05, 0) is 95.1 Å². The summed E-state index contributed by atoms with van der Waals surface area (Å²) in [5, 5.41) is 7.47. The van der Waals surface area contributed by atoms with Crippen LogP contribution in [0.2, 0.25) is 0 Å². The zero-order valence-electron chi connectivity index (χ0n) is 31.0. The highest BCUT2D eigenvalue weighted by Gasteiger charge is 2.21. The molecular formula is C54H35N3. The van der Waals surface area contributed by atoms with Crippen LogP contribution >= 0.6 is 0 Å². The summed E-state index contributed by atoms with van der Waals surface area (Å²) in [5.74, 6) is 0. The predicted molar refractivity (Wildman–Crippen MR) is 240 cm³/mol. The van der Waals surface area contributed by atoms with Crippen molar-refractivity contribution in [3.63, 3.8) is 0 Å². The summed E-state index contributed by atoms with van der Waals surface area (Å²) in [6.07, 6.45) is 0. The van der Waals surface area contributed by atoms with Crippen LogP contribution in [0.15, 0.2) is 212 Å². The Morgan fingerprint density at radius 2 is 0.667 bits per heavy atom. The van der Waals surface area contributed by atoms with Crippen LogP contribution in [-0.4, -0.2) is 13.7 Å². The molecule has 0 spiro atoms. The summed E-state index contributed by atoms with van der Waals surface area (Å²) < 4.78 is 7.31. The van der Waals surface area contributed by atoms with Crippen LogP contribution in [0.1, 0.15) is 0 Å². The normalized spacial score (nSPS) is 11.9. The molecule has 0 fully saturated rings. The van der Waals surface area contributed by atoms with E-state index >= 15 is 0 Å². The molecule has 0 N–H and O–H groups in total. The molecule has 0 aliphatic rings. The van der Waals surface area contributed by atoms with Crippen LogP contribution in [0, 0.1) is 0 Å². The fraction of sp³-hybridized carbons (Fsp3) is 0. The van der Waals surface area contributed by atoms with Crippen LogP contribution in [0.3, 0.4) is 0 Å². The second-order valence-electron chi connectivity index (χ2n) is 14.9. The largest absolute Gasteiger partial charge is 0.309 e. The molecule has 3 nitrogen and oxygen atoms in total. The maximum atomic E-state index is 2.47. The van der Waals surface area contributed by atoms with Crippen molar-refractivity contribution in [1.82, 2.24) is 13.7 Å². The first-order valence-electron chi connectivity index (χ1n) is 19.6. The summed E-state index contributed by atoms with van der Waals surface area (Å²) in [4.78, 5) is 0. The molecule has 9 aromatic carbocycles. The molecule has 0 bridgehead atoms. The van der Waals surface area contributed by atoms with Gasteiger partial charge in [0.15, 0.2) is 0 Å². The van der Waals surface area contributed by atoms with Gasteiger partial charge in [0.2, 0.25) is 0 Å². The molecule has 0 amide bonds. The topological polar surface area (TPSA) is 14.8 Å². The van der Waals surface area contributed by atoms with Gasteiger partial charge in [0.25, 0.3) is 0 Å². The second kappa shape index (κ2) is 12.5. The Morgan fingerprint density at radius 1 is 0.228 bits per heavy atom. The molecule has 0 saturated carbocycles. The van der Waals surface area contributed by atoms with Crippen LogP contribution in [0.25, 0.3) is 105 Å². The summed E-state index contributed by atoms with van der Waals surface area (Å²) in [6, 6.07) is 77.4. The number of fused-ring (bicyclic) bond motifs is 9. The predicted octanol–water partition coefficient (Wildman–Crippen LogP) is 14.3. The number of rotatable bonds is 5. The third-order valence-electron chi connectivity index (χ3n) is 11.8. The van der Waals surface area contributed by atoms with E-state index in [1.54, 1.807) is 0 Å². The van der Waals surface area contributed by atoms with Crippen LogP contribution < -0.4 is 0 Å². The lowest BCUT2D eigenvalue weighted by atomic mass is 10.0. The van der Waals surface area contributed by atoms with Gasteiger partial charge in [-0.15, -0.1) is 0 Å². The fourth-order valence-corrected chi connectivity index (χ4v) is 9.32. The molecule has 0 radical (unpaired) electrons. The first-order chi connectivity index (χ1) is 28.3. The Morgan fingerprint density at radius 3 is 1.33 bits per heavy atom. The number of para-hydroxylation sites is 5. The maximum Gasteiger partial charge on any atom is 0.0782 e. The summed E-state index contributed by atoms with van der Waals surface area (Å²) >= 11 is 0. The SMILES string of the molecule is c1ccc(-c2cccc(-n3c4ccccc4c4cc(-c5ccc6c(c5)c5ccccc5n6-c5cccc6c7ccccc7n(-c7ccccc7)c56)ccc43)c2)cc1. The smallest absolute Gasteiger partial charge is 0.0782 e. The van der Waals surface area contributed by atoms with Crippen molar-refractivity contribution in [3.8, 4) is 39.3 Å². The lowest BCUT2D eigenvalue weighted by Gasteiger charge is -2.14. The monoisotopic (exact) mass is 725 g/mol. The van der Waals surface area contributed by atoms with E-state index in [0.717, 1.165) is 17.1 Å². The van der Waals surface area contributed by atoms with Crippen molar-refractivity contribution in [1.29, 1.82) is 0 Å². The van der Waals surface area contributed by atoms with E-state index in [2.05, 4.69) is 226 Å². The van der Waals surface area contributed by atoms with Crippen LogP contribution in [0.4, 0.5) is 0 Å². The third-order valence-corrected chi connectivity index (χ3v) is 11.8. The average Bonchev–Trinajstić information content (AvgIpc) is 3.92. The van der Waals surface area contributed by atoms with Crippen molar-refractivity contribution in [2.45, 2.75) is 0 Å². The van der Waals surface area contributed by atoms with Gasteiger partial charge in [0, 0.05) is 43.7 Å². The van der Waals surface area contributed by atoms with Crippen molar-refractivity contribution in [2.75, 3.05) is 0 Å². The lowest BCUT2D eigenvalue weighted by molar-refractivity contribution is 1.13. The molecule has 0 atom stereocenters. The quantitative estimate of drug-likeness (QED) is 0.168. The van der Waals surface area contributed by atoms with Gasteiger partial charge < -0.3 is 13.7 Å². The summed E-state index contributed by atoms with van der Waals surface area (Å²) in [5.41, 5.74) is 15.5. The highest BCUT2D eigenvalue weighted by atomic mass is 15.1. The van der Waals surface area contributed by atoms with E-state index in [0.29, 0.717) is 0 Å². The number of nitrogens with zero attached hydrogens (tertiary/aromatic N) is 3. The van der Waals surface area contributed by atoms with Crippen molar-refractivity contribution in [3.05, 3.63) is 212 Å². The first-order valence-corrected chi connectivity index (χ1v) is 19.6. The Balaban J connectivity index is 1.05.